The molecule has 160 valence electrons. The number of rotatable bonds is 8. The highest BCUT2D eigenvalue weighted by atomic mass is 19.3. The molecule has 1 heterocycles. The van der Waals surface area contributed by atoms with Gasteiger partial charge < -0.3 is 19.7 Å². The third kappa shape index (κ3) is 5.25. The van der Waals surface area contributed by atoms with Crippen LogP contribution < -0.4 is 14.8 Å². The quantitative estimate of drug-likeness (QED) is 0.709. The van der Waals surface area contributed by atoms with E-state index in [9.17, 15) is 18.4 Å². The molecule has 1 aliphatic heterocycles. The maximum absolute atomic E-state index is 12.7. The summed E-state index contributed by atoms with van der Waals surface area (Å²) >= 11 is 0. The second-order valence-electron chi connectivity index (χ2n) is 6.80. The standard InChI is InChI=1S/C22H24F2N2O4/c1-2-29-16-11-9-15(10-12-16)18-7-5-13-26(18)20(27)14-25-21(28)17-6-3-4-8-19(17)30-22(23)24/h3-4,6,8-12,18,22H,2,5,7,13-14H2,1H3,(H,25,28). The smallest absolute Gasteiger partial charge is 0.387 e. The number of nitrogens with zero attached hydrogens (tertiary/aromatic N) is 1. The number of hydrogen-bond acceptors (Lipinski definition) is 4. The van der Waals surface area contributed by atoms with Crippen molar-refractivity contribution in [3.8, 4) is 11.5 Å². The summed E-state index contributed by atoms with van der Waals surface area (Å²) in [6.45, 7) is -0.177. The molecule has 1 atom stereocenters. The van der Waals surface area contributed by atoms with Crippen LogP contribution in [0.25, 0.3) is 0 Å². The summed E-state index contributed by atoms with van der Waals surface area (Å²) in [5.74, 6) is -0.330. The molecule has 0 saturated carbocycles. The SMILES string of the molecule is CCOc1ccc(C2CCCN2C(=O)CNC(=O)c2ccccc2OC(F)F)cc1. The Balaban J connectivity index is 1.62. The largest absolute Gasteiger partial charge is 0.494 e. The molecule has 3 rings (SSSR count). The van der Waals surface area contributed by atoms with Crippen LogP contribution in [0.3, 0.4) is 0 Å². The number of hydrogen-bond donors (Lipinski definition) is 1. The monoisotopic (exact) mass is 418 g/mol. The van der Waals surface area contributed by atoms with Crippen LogP contribution in [0.1, 0.15) is 41.7 Å². The molecule has 1 saturated heterocycles. The Bertz CT molecular complexity index is 874. The maximum Gasteiger partial charge on any atom is 0.387 e. The van der Waals surface area contributed by atoms with Crippen LogP contribution in [0.2, 0.25) is 0 Å². The Kier molecular flexibility index (Phi) is 7.21. The third-order valence-corrected chi connectivity index (χ3v) is 4.90. The summed E-state index contributed by atoms with van der Waals surface area (Å²) in [5.41, 5.74) is 0.960. The van der Waals surface area contributed by atoms with Gasteiger partial charge in [-0.2, -0.15) is 8.78 Å². The second-order valence-corrected chi connectivity index (χ2v) is 6.80. The van der Waals surface area contributed by atoms with Crippen LogP contribution in [0.4, 0.5) is 8.78 Å². The van der Waals surface area contributed by atoms with Gasteiger partial charge in [0, 0.05) is 6.54 Å². The summed E-state index contributed by atoms with van der Waals surface area (Å²) in [5, 5.41) is 2.51. The van der Waals surface area contributed by atoms with Crippen molar-refractivity contribution in [3.63, 3.8) is 0 Å². The van der Waals surface area contributed by atoms with Gasteiger partial charge in [0.2, 0.25) is 5.91 Å². The van der Waals surface area contributed by atoms with E-state index in [-0.39, 0.29) is 29.8 Å². The molecule has 0 radical (unpaired) electrons. The van der Waals surface area contributed by atoms with E-state index in [1.807, 2.05) is 31.2 Å². The molecule has 6 nitrogen and oxygen atoms in total. The first-order valence-electron chi connectivity index (χ1n) is 9.84. The summed E-state index contributed by atoms with van der Waals surface area (Å²) in [4.78, 5) is 26.9. The molecular formula is C22H24F2N2O4. The third-order valence-electron chi connectivity index (χ3n) is 4.90. The fourth-order valence-corrected chi connectivity index (χ4v) is 3.57. The lowest BCUT2D eigenvalue weighted by Gasteiger charge is -2.25. The van der Waals surface area contributed by atoms with Crippen LogP contribution in [0, 0.1) is 0 Å². The average molecular weight is 418 g/mol. The highest BCUT2D eigenvalue weighted by Crippen LogP contribution is 2.32. The van der Waals surface area contributed by atoms with Crippen molar-refractivity contribution < 1.29 is 27.8 Å². The zero-order valence-corrected chi connectivity index (χ0v) is 16.6. The molecule has 2 amide bonds. The highest BCUT2D eigenvalue weighted by molar-refractivity contribution is 5.98. The van der Waals surface area contributed by atoms with Crippen molar-refractivity contribution in [2.75, 3.05) is 19.7 Å². The van der Waals surface area contributed by atoms with Crippen LogP contribution in [-0.2, 0) is 4.79 Å². The summed E-state index contributed by atoms with van der Waals surface area (Å²) in [6.07, 6.45) is 1.70. The van der Waals surface area contributed by atoms with Gasteiger partial charge in [-0.25, -0.2) is 0 Å². The first kappa shape index (κ1) is 21.5. The molecular weight excluding hydrogens is 394 g/mol. The van der Waals surface area contributed by atoms with Gasteiger partial charge in [0.05, 0.1) is 24.8 Å². The van der Waals surface area contributed by atoms with Gasteiger partial charge in [-0.05, 0) is 49.6 Å². The van der Waals surface area contributed by atoms with E-state index in [0.717, 1.165) is 24.2 Å². The van der Waals surface area contributed by atoms with Crippen molar-refractivity contribution in [1.29, 1.82) is 0 Å². The van der Waals surface area contributed by atoms with Gasteiger partial charge in [-0.3, -0.25) is 9.59 Å². The summed E-state index contributed by atoms with van der Waals surface area (Å²) in [6, 6.07) is 13.3. The molecule has 2 aromatic carbocycles. The van der Waals surface area contributed by atoms with E-state index in [4.69, 9.17) is 4.74 Å². The minimum Gasteiger partial charge on any atom is -0.494 e. The van der Waals surface area contributed by atoms with Crippen molar-refractivity contribution in [1.82, 2.24) is 10.2 Å². The van der Waals surface area contributed by atoms with E-state index < -0.39 is 12.5 Å². The van der Waals surface area contributed by atoms with E-state index in [2.05, 4.69) is 10.1 Å². The number of carbonyl (C=O) groups excluding carboxylic acids is 2. The van der Waals surface area contributed by atoms with Crippen LogP contribution in [0.5, 0.6) is 11.5 Å². The predicted octanol–water partition coefficient (Wildman–Crippen LogP) is 3.78. The number of halogens is 2. The lowest BCUT2D eigenvalue weighted by Crippen LogP contribution is -2.40. The molecule has 0 bridgehead atoms. The van der Waals surface area contributed by atoms with Crippen molar-refractivity contribution in [2.45, 2.75) is 32.4 Å². The molecule has 0 aliphatic carbocycles. The molecule has 0 aromatic heterocycles. The normalized spacial score (nSPS) is 15.9. The average Bonchev–Trinajstić information content (AvgIpc) is 3.22. The maximum atomic E-state index is 12.7. The number of para-hydroxylation sites is 1. The molecule has 1 fully saturated rings. The fraction of sp³-hybridized carbons (Fsp3) is 0.364. The van der Waals surface area contributed by atoms with Gasteiger partial charge in [0.25, 0.3) is 5.91 Å². The van der Waals surface area contributed by atoms with E-state index in [1.165, 1.54) is 24.3 Å². The van der Waals surface area contributed by atoms with Crippen molar-refractivity contribution >= 4 is 11.8 Å². The number of ether oxygens (including phenoxy) is 2. The molecule has 30 heavy (non-hydrogen) atoms. The van der Waals surface area contributed by atoms with Gasteiger partial charge in [0.15, 0.2) is 0 Å². The minimum absolute atomic E-state index is 0.0462. The second kappa shape index (κ2) is 10.0. The Hall–Kier alpha value is -3.16. The number of benzene rings is 2. The van der Waals surface area contributed by atoms with Crippen LogP contribution >= 0.6 is 0 Å². The lowest BCUT2D eigenvalue weighted by atomic mass is 10.0. The van der Waals surface area contributed by atoms with Gasteiger partial charge >= 0.3 is 6.61 Å². The van der Waals surface area contributed by atoms with Crippen LogP contribution in [-0.4, -0.2) is 43.0 Å². The van der Waals surface area contributed by atoms with Gasteiger partial charge in [-0.15, -0.1) is 0 Å². The molecule has 8 heteroatoms. The van der Waals surface area contributed by atoms with Gasteiger partial charge in [0.1, 0.15) is 11.5 Å². The molecule has 1 N–H and O–H groups in total. The number of alkyl halides is 2. The van der Waals surface area contributed by atoms with Crippen molar-refractivity contribution in [2.24, 2.45) is 0 Å². The fourth-order valence-electron chi connectivity index (χ4n) is 3.57. The topological polar surface area (TPSA) is 67.9 Å². The number of carbonyl (C=O) groups is 2. The first-order chi connectivity index (χ1) is 14.5. The minimum atomic E-state index is -3.04. The number of amides is 2. The number of nitrogens with one attached hydrogen (secondary N) is 1. The zero-order chi connectivity index (χ0) is 21.5. The summed E-state index contributed by atoms with van der Waals surface area (Å²) < 4.78 is 34.9. The lowest BCUT2D eigenvalue weighted by molar-refractivity contribution is -0.131. The first-order valence-corrected chi connectivity index (χ1v) is 9.84. The van der Waals surface area contributed by atoms with Gasteiger partial charge in [-0.1, -0.05) is 24.3 Å². The Morgan fingerprint density at radius 2 is 1.90 bits per heavy atom. The number of likely N-dealkylation sites (tertiary alicyclic amines) is 1. The van der Waals surface area contributed by atoms with Crippen LogP contribution in [0.15, 0.2) is 48.5 Å². The molecule has 1 aliphatic rings. The van der Waals surface area contributed by atoms with E-state index in [0.29, 0.717) is 13.2 Å². The highest BCUT2D eigenvalue weighted by Gasteiger charge is 2.30. The molecule has 1 unspecified atom stereocenters. The summed E-state index contributed by atoms with van der Waals surface area (Å²) in [7, 11) is 0. The predicted molar refractivity (Wildman–Crippen MR) is 107 cm³/mol. The molecule has 0 spiro atoms. The Labute approximate surface area is 173 Å². The molecule has 2 aromatic rings. The Morgan fingerprint density at radius 1 is 1.17 bits per heavy atom. The Morgan fingerprint density at radius 3 is 2.60 bits per heavy atom. The van der Waals surface area contributed by atoms with E-state index >= 15 is 0 Å². The zero-order valence-electron chi connectivity index (χ0n) is 16.6. The van der Waals surface area contributed by atoms with Crippen molar-refractivity contribution in [3.05, 3.63) is 59.7 Å². The van der Waals surface area contributed by atoms with E-state index in [1.54, 1.807) is 4.90 Å².